The van der Waals surface area contributed by atoms with Gasteiger partial charge in [-0.15, -0.1) is 0 Å². The van der Waals surface area contributed by atoms with Gasteiger partial charge in [0, 0.05) is 26.6 Å². The Balaban J connectivity index is 2.13. The number of benzene rings is 2. The molecule has 2 aromatic carbocycles. The van der Waals surface area contributed by atoms with Crippen molar-refractivity contribution in [2.24, 2.45) is 0 Å². The van der Waals surface area contributed by atoms with Crippen LogP contribution in [0, 0.1) is 20.8 Å². The van der Waals surface area contributed by atoms with Crippen molar-refractivity contribution in [3.8, 4) is 0 Å². The SMILES string of the molecule is Cc1ccc(Sc2cc(C)nc3ccc(N)cc23)c(C)c1. The minimum atomic E-state index is 0.774. The summed E-state index contributed by atoms with van der Waals surface area (Å²) in [6.07, 6.45) is 0. The van der Waals surface area contributed by atoms with Crippen LogP contribution in [0.5, 0.6) is 0 Å². The summed E-state index contributed by atoms with van der Waals surface area (Å²) in [5.41, 5.74) is 11.3. The van der Waals surface area contributed by atoms with Gasteiger partial charge in [-0.1, -0.05) is 29.5 Å². The van der Waals surface area contributed by atoms with Crippen molar-refractivity contribution in [2.75, 3.05) is 5.73 Å². The van der Waals surface area contributed by atoms with Crippen LogP contribution in [0.15, 0.2) is 52.3 Å². The molecule has 0 aliphatic rings. The van der Waals surface area contributed by atoms with Crippen LogP contribution in [0.2, 0.25) is 0 Å². The van der Waals surface area contributed by atoms with Crippen LogP contribution >= 0.6 is 11.8 Å². The van der Waals surface area contributed by atoms with Gasteiger partial charge in [0.05, 0.1) is 5.52 Å². The topological polar surface area (TPSA) is 38.9 Å². The zero-order valence-corrected chi connectivity index (χ0v) is 13.3. The number of aryl methyl sites for hydroxylation is 3. The lowest BCUT2D eigenvalue weighted by Crippen LogP contribution is -1.90. The quantitative estimate of drug-likeness (QED) is 0.684. The van der Waals surface area contributed by atoms with E-state index in [1.165, 1.54) is 20.9 Å². The first kappa shape index (κ1) is 14.0. The molecule has 3 rings (SSSR count). The van der Waals surface area contributed by atoms with Crippen LogP contribution in [0.25, 0.3) is 10.9 Å². The number of hydrogen-bond donors (Lipinski definition) is 1. The Morgan fingerprint density at radius 1 is 0.905 bits per heavy atom. The number of pyridine rings is 1. The van der Waals surface area contributed by atoms with Crippen molar-refractivity contribution < 1.29 is 0 Å². The fourth-order valence-corrected chi connectivity index (χ4v) is 3.55. The number of nitrogen functional groups attached to an aromatic ring is 1. The predicted octanol–water partition coefficient (Wildman–Crippen LogP) is 4.89. The van der Waals surface area contributed by atoms with Gasteiger partial charge >= 0.3 is 0 Å². The maximum absolute atomic E-state index is 5.94. The molecule has 3 aromatic rings. The Kier molecular flexibility index (Phi) is 3.60. The summed E-state index contributed by atoms with van der Waals surface area (Å²) in [6, 6.07) is 14.6. The number of rotatable bonds is 2. The third kappa shape index (κ3) is 2.88. The molecule has 21 heavy (non-hydrogen) atoms. The van der Waals surface area contributed by atoms with Gasteiger partial charge in [0.15, 0.2) is 0 Å². The number of fused-ring (bicyclic) bond motifs is 1. The molecule has 0 saturated carbocycles. The van der Waals surface area contributed by atoms with Gasteiger partial charge in [-0.3, -0.25) is 4.98 Å². The highest BCUT2D eigenvalue weighted by molar-refractivity contribution is 7.99. The van der Waals surface area contributed by atoms with E-state index in [0.717, 1.165) is 22.3 Å². The second-order valence-corrected chi connectivity index (χ2v) is 6.49. The zero-order chi connectivity index (χ0) is 15.0. The number of anilines is 1. The van der Waals surface area contributed by atoms with Crippen LogP contribution in [0.4, 0.5) is 5.69 Å². The maximum Gasteiger partial charge on any atom is 0.0718 e. The Morgan fingerprint density at radius 3 is 2.48 bits per heavy atom. The molecule has 1 aromatic heterocycles. The summed E-state index contributed by atoms with van der Waals surface area (Å²) in [5.74, 6) is 0. The molecule has 0 atom stereocenters. The minimum absolute atomic E-state index is 0.774. The van der Waals surface area contributed by atoms with E-state index in [4.69, 9.17) is 5.73 Å². The van der Waals surface area contributed by atoms with E-state index >= 15 is 0 Å². The number of aromatic nitrogens is 1. The Hall–Kier alpha value is -2.00. The number of nitrogens with zero attached hydrogens (tertiary/aromatic N) is 1. The second-order valence-electron chi connectivity index (χ2n) is 5.41. The molecule has 2 nitrogen and oxygen atoms in total. The normalized spacial score (nSPS) is 11.0. The van der Waals surface area contributed by atoms with E-state index in [-0.39, 0.29) is 0 Å². The Morgan fingerprint density at radius 2 is 1.71 bits per heavy atom. The molecule has 0 unspecified atom stereocenters. The first-order chi connectivity index (χ1) is 10.0. The third-order valence-electron chi connectivity index (χ3n) is 3.47. The number of hydrogen-bond acceptors (Lipinski definition) is 3. The molecule has 0 aliphatic heterocycles. The molecule has 0 spiro atoms. The molecule has 0 amide bonds. The fraction of sp³-hybridized carbons (Fsp3) is 0.167. The van der Waals surface area contributed by atoms with Crippen molar-refractivity contribution in [3.05, 3.63) is 59.3 Å². The summed E-state index contributed by atoms with van der Waals surface area (Å²) >= 11 is 1.78. The highest BCUT2D eigenvalue weighted by Gasteiger charge is 2.08. The predicted molar refractivity (Wildman–Crippen MR) is 90.9 cm³/mol. The van der Waals surface area contributed by atoms with Crippen molar-refractivity contribution in [1.82, 2.24) is 4.98 Å². The van der Waals surface area contributed by atoms with Gasteiger partial charge in [0.1, 0.15) is 0 Å². The molecular weight excluding hydrogens is 276 g/mol. The van der Waals surface area contributed by atoms with Crippen LogP contribution in [0.3, 0.4) is 0 Å². The molecule has 0 aliphatic carbocycles. The number of nitrogens with two attached hydrogens (primary N) is 1. The van der Waals surface area contributed by atoms with Gasteiger partial charge < -0.3 is 5.73 Å². The van der Waals surface area contributed by atoms with Crippen molar-refractivity contribution >= 4 is 28.4 Å². The highest BCUT2D eigenvalue weighted by Crippen LogP contribution is 2.36. The lowest BCUT2D eigenvalue weighted by atomic mass is 10.2. The minimum Gasteiger partial charge on any atom is -0.399 e. The van der Waals surface area contributed by atoms with Crippen molar-refractivity contribution in [3.63, 3.8) is 0 Å². The summed E-state index contributed by atoms with van der Waals surface area (Å²) < 4.78 is 0. The lowest BCUT2D eigenvalue weighted by Gasteiger charge is -2.10. The van der Waals surface area contributed by atoms with Gasteiger partial charge in [-0.25, -0.2) is 0 Å². The van der Waals surface area contributed by atoms with E-state index in [0.29, 0.717) is 0 Å². The first-order valence-corrected chi connectivity index (χ1v) is 7.76. The van der Waals surface area contributed by atoms with Gasteiger partial charge in [-0.05, 0) is 56.7 Å². The standard InChI is InChI=1S/C18H18N2S/c1-11-4-7-17(12(2)8-11)21-18-9-13(3)20-16-6-5-14(19)10-15(16)18/h4-10H,19H2,1-3H3. The van der Waals surface area contributed by atoms with Gasteiger partial charge in [0.25, 0.3) is 0 Å². The van der Waals surface area contributed by atoms with E-state index in [1.54, 1.807) is 11.8 Å². The van der Waals surface area contributed by atoms with Gasteiger partial charge in [-0.2, -0.15) is 0 Å². The molecular formula is C18H18N2S. The molecule has 3 heteroatoms. The second kappa shape index (κ2) is 5.41. The highest BCUT2D eigenvalue weighted by atomic mass is 32.2. The largest absolute Gasteiger partial charge is 0.399 e. The smallest absolute Gasteiger partial charge is 0.0718 e. The van der Waals surface area contributed by atoms with Crippen molar-refractivity contribution in [1.29, 1.82) is 0 Å². The van der Waals surface area contributed by atoms with E-state index in [1.807, 2.05) is 25.1 Å². The zero-order valence-electron chi connectivity index (χ0n) is 12.5. The third-order valence-corrected chi connectivity index (χ3v) is 4.71. The lowest BCUT2D eigenvalue weighted by molar-refractivity contribution is 1.21. The summed E-state index contributed by atoms with van der Waals surface area (Å²) in [4.78, 5) is 7.07. The monoisotopic (exact) mass is 294 g/mol. The molecule has 0 bridgehead atoms. The molecule has 2 N–H and O–H groups in total. The van der Waals surface area contributed by atoms with Crippen LogP contribution in [0.1, 0.15) is 16.8 Å². The fourth-order valence-electron chi connectivity index (χ4n) is 2.45. The summed E-state index contributed by atoms with van der Waals surface area (Å²) in [6.45, 7) is 6.30. The van der Waals surface area contributed by atoms with Crippen molar-refractivity contribution in [2.45, 2.75) is 30.6 Å². The Bertz CT molecular complexity index is 825. The average Bonchev–Trinajstić information content (AvgIpc) is 2.42. The molecule has 0 fully saturated rings. The van der Waals surface area contributed by atoms with Crippen LogP contribution in [-0.4, -0.2) is 4.98 Å². The molecule has 0 radical (unpaired) electrons. The molecule has 0 saturated heterocycles. The molecule has 1 heterocycles. The van der Waals surface area contributed by atoms with E-state index in [9.17, 15) is 0 Å². The Labute approximate surface area is 129 Å². The van der Waals surface area contributed by atoms with Crippen LogP contribution < -0.4 is 5.73 Å². The summed E-state index contributed by atoms with van der Waals surface area (Å²) in [7, 11) is 0. The van der Waals surface area contributed by atoms with E-state index < -0.39 is 0 Å². The summed E-state index contributed by atoms with van der Waals surface area (Å²) in [5, 5.41) is 1.12. The maximum atomic E-state index is 5.94. The average molecular weight is 294 g/mol. The van der Waals surface area contributed by atoms with Gasteiger partial charge in [0.2, 0.25) is 0 Å². The van der Waals surface area contributed by atoms with Crippen LogP contribution in [-0.2, 0) is 0 Å². The molecule has 106 valence electrons. The first-order valence-electron chi connectivity index (χ1n) is 6.95. The van der Waals surface area contributed by atoms with E-state index in [2.05, 4.69) is 43.1 Å².